The number of rotatable bonds is 5. The van der Waals surface area contributed by atoms with E-state index in [2.05, 4.69) is 132 Å². The molecule has 8 bridgehead atoms. The molecule has 12 saturated heterocycles. The molecule has 29 nitrogen and oxygen atoms in total. The van der Waals surface area contributed by atoms with Gasteiger partial charge in [-0.2, -0.15) is 0 Å². The molecule has 12 fully saturated rings. The largest absolute Gasteiger partial charge is 0.444 e. The van der Waals surface area contributed by atoms with Gasteiger partial charge in [0, 0.05) is 218 Å². The molecular weight excluding hydrogens is 1790 g/mol. The highest BCUT2D eigenvalue weighted by Gasteiger charge is 2.54. The Morgan fingerprint density at radius 3 is 0.914 bits per heavy atom. The Kier molecular flexibility index (Phi) is 33.2. The highest BCUT2D eigenvalue weighted by molar-refractivity contribution is 6.61. The molecule has 4 aromatic rings. The lowest BCUT2D eigenvalue weighted by atomic mass is 9.67. The minimum atomic E-state index is -0.863. The standard InChI is InChI=1S/C28H42N4O3.C27H36N4O3.C23H34N4O.C16H23N3O.C12H19NO3.C4H3ClO2/c1-27(2,3)35-26(34)32-20-10-11-21(32)19-22(18-20)30-15-12-28(13-16-30)14-17-31(25(33)29(4)5)24-9-7-6-8-23(24)28;1-4-17-34-26(33)31-20-9-10-21(31)19-22(18-20)29-14-11-27(12-15-29)13-16-30(25(32)28(2)3)24-8-6-5-7-23(24)27;1-25(2)22(28)27-14-11-23(20-5-3-4-6-21(20)27)9-12-26(13-10-23)19-15-17-7-8-18(16-19)24-17;1-18(2)15(20)19-12-9-16(7-10-17-11-8-16)13-5-3-4-6-14(13)19;1-12(2,3)16-11(15)13-8-4-5-9(13)7-10(14)6-8;1-2-3-7-4(5)6/h6-9,20-22H,10-19H2,1-5H3;1,5-8,20-22H,9-19H2,2-3H3;3-6,17-19,24H,7-16H2,1-2H3;3-6,17H,7-12H2,1-2H3;8-9H,4-7H2,1-3H3;1H,3H2. The van der Waals surface area contributed by atoms with Gasteiger partial charge in [0.05, 0.1) is 0 Å². The van der Waals surface area contributed by atoms with Gasteiger partial charge in [-0.25, -0.2) is 38.4 Å². The van der Waals surface area contributed by atoms with Crippen LogP contribution in [-0.2, 0) is 45.4 Å². The lowest BCUT2D eigenvalue weighted by molar-refractivity contribution is -0.123. The van der Waals surface area contributed by atoms with Gasteiger partial charge in [-0.1, -0.05) is 84.6 Å². The molecule has 0 saturated carbocycles. The topological polar surface area (TPSA) is 260 Å². The number of nitrogens with zero attached hydrogens (tertiary/aromatic N) is 14. The number of carbonyl (C=O) groups excluding carboxylic acids is 9. The van der Waals surface area contributed by atoms with E-state index in [4.69, 9.17) is 38.7 Å². The van der Waals surface area contributed by atoms with Crippen LogP contribution in [0, 0.1) is 24.7 Å². The van der Waals surface area contributed by atoms with E-state index in [1.165, 1.54) is 86.7 Å². The van der Waals surface area contributed by atoms with Crippen LogP contribution in [0.3, 0.4) is 0 Å². The molecule has 11 amide bonds. The molecule has 16 aliphatic rings. The minimum absolute atomic E-state index is 0.0471. The summed E-state index contributed by atoms with van der Waals surface area (Å²) in [4.78, 5) is 138. The lowest BCUT2D eigenvalue weighted by Gasteiger charge is -2.51. The molecule has 2 N–H and O–H groups in total. The van der Waals surface area contributed by atoms with Crippen molar-refractivity contribution in [1.29, 1.82) is 0 Å². The van der Waals surface area contributed by atoms with Crippen LogP contribution in [0.1, 0.15) is 244 Å². The van der Waals surface area contributed by atoms with Crippen molar-refractivity contribution in [3.8, 4) is 24.7 Å². The van der Waals surface area contributed by atoms with Crippen molar-refractivity contribution in [3.63, 3.8) is 0 Å². The first kappa shape index (κ1) is 104. The normalized spacial score (nSPS) is 26.7. The number of Topliss-reactive ketones (excluding diaryl/α,β-unsaturated/α-hetero) is 1. The molecule has 4 aromatic carbocycles. The molecule has 0 radical (unpaired) electrons. The number of ether oxygens (including phenoxy) is 4. The van der Waals surface area contributed by atoms with Crippen molar-refractivity contribution in [3.05, 3.63) is 119 Å². The quantitative estimate of drug-likeness (QED) is 0.107. The molecule has 4 spiro atoms. The first-order valence-electron chi connectivity index (χ1n) is 52.1. The number of likely N-dealkylation sites (tertiary alicyclic amines) is 3. The molecule has 30 heteroatoms. The van der Waals surface area contributed by atoms with Crippen LogP contribution in [0.25, 0.3) is 0 Å². The van der Waals surface area contributed by atoms with Crippen LogP contribution in [0.15, 0.2) is 97.1 Å². The van der Waals surface area contributed by atoms with Gasteiger partial charge in [0.25, 0.3) is 0 Å². The number of hydrogen-bond donors (Lipinski definition) is 2. The van der Waals surface area contributed by atoms with E-state index in [0.29, 0.717) is 37.0 Å². The number of nitrogens with one attached hydrogen (secondary N) is 2. The summed E-state index contributed by atoms with van der Waals surface area (Å²) in [5.74, 6) is 4.75. The van der Waals surface area contributed by atoms with Crippen molar-refractivity contribution >= 4 is 88.0 Å². The SMILES string of the molecule is C#CCOC(=O)Cl.C#CCOC(=O)N1C2CCC1CC(N1CCC3(CCN(C(=O)N(C)C)c4ccccc43)CC1)C2.CC(C)(C)OC(=O)N1C2CCC1CC(=O)C2.CN(C)C(=O)N1CCC2(CCN(C3CC4CCC(C3)N4)CC2)c2ccccc21.CN(C)C(=O)N1CCC2(CCN(C3CC4CCC(C3)N4C(=O)OC(C)(C)C)CC2)c2ccccc21.CN(C)C(=O)N1CCC2(CCNCC2)c2ccccc21. The Hall–Kier alpha value is -9.88. The summed E-state index contributed by atoms with van der Waals surface area (Å²) < 4.78 is 20.4. The molecule has 16 aliphatic heterocycles. The Bertz CT molecular complexity index is 5070. The first-order chi connectivity index (χ1) is 66.8. The van der Waals surface area contributed by atoms with E-state index in [-0.39, 0.29) is 107 Å². The highest BCUT2D eigenvalue weighted by Crippen LogP contribution is 2.54. The summed E-state index contributed by atoms with van der Waals surface area (Å²) in [6.45, 7) is 23.5. The van der Waals surface area contributed by atoms with E-state index in [0.717, 1.165) is 222 Å². The predicted octanol–water partition coefficient (Wildman–Crippen LogP) is 17.0. The molecule has 0 aromatic heterocycles. The van der Waals surface area contributed by atoms with Gasteiger partial charge in [0.15, 0.2) is 13.2 Å². The van der Waals surface area contributed by atoms with Gasteiger partial charge in [0.2, 0.25) is 0 Å². The first-order valence-corrected chi connectivity index (χ1v) is 52.4. The smallest absolute Gasteiger partial charge is 0.411 e. The number of terminal acetylenes is 2. The minimum Gasteiger partial charge on any atom is -0.444 e. The van der Waals surface area contributed by atoms with Crippen molar-refractivity contribution in [2.45, 2.75) is 321 Å². The number of ketones is 1. The second-order valence-corrected chi connectivity index (χ2v) is 45.5. The summed E-state index contributed by atoms with van der Waals surface area (Å²) in [5, 5.41) is 7.24. The third-order valence-corrected chi connectivity index (χ3v) is 33.6. The van der Waals surface area contributed by atoms with Gasteiger partial charge in [0.1, 0.15) is 17.0 Å². The Morgan fingerprint density at radius 2 is 0.629 bits per heavy atom. The van der Waals surface area contributed by atoms with Crippen molar-refractivity contribution < 1.29 is 62.1 Å². The van der Waals surface area contributed by atoms with Crippen LogP contribution in [0.2, 0.25) is 0 Å². The zero-order valence-corrected chi connectivity index (χ0v) is 86.6. The Labute approximate surface area is 837 Å². The zero-order chi connectivity index (χ0) is 99.9. The maximum atomic E-state index is 12.9. The molecular formula is C110H157ClN16O13. The number of urea groups is 4. The number of fused-ring (bicyclic) bond motifs is 16. The number of benzene rings is 4. The van der Waals surface area contributed by atoms with Crippen LogP contribution in [0.5, 0.6) is 0 Å². The Morgan fingerprint density at radius 1 is 0.364 bits per heavy atom. The molecule has 762 valence electrons. The molecule has 8 atom stereocenters. The number of carbonyl (C=O) groups is 9. The Balaban J connectivity index is 0.000000133. The highest BCUT2D eigenvalue weighted by atomic mass is 35.5. The summed E-state index contributed by atoms with van der Waals surface area (Å²) >= 11 is 4.70. The predicted molar refractivity (Wildman–Crippen MR) is 549 cm³/mol. The number of piperidine rings is 8. The average molecular weight is 1950 g/mol. The summed E-state index contributed by atoms with van der Waals surface area (Å²) in [6, 6.07) is 39.2. The van der Waals surface area contributed by atoms with Crippen molar-refractivity contribution in [2.24, 2.45) is 0 Å². The van der Waals surface area contributed by atoms with Crippen molar-refractivity contribution in [2.75, 3.05) is 168 Å². The van der Waals surface area contributed by atoms with E-state index < -0.39 is 16.6 Å². The molecule has 8 unspecified atom stereocenters. The number of anilines is 4. The van der Waals surface area contributed by atoms with Crippen LogP contribution in [0.4, 0.5) is 61.1 Å². The fourth-order valence-corrected chi connectivity index (χ4v) is 26.7. The van der Waals surface area contributed by atoms with Gasteiger partial charge < -0.3 is 78.6 Å². The molecule has 20 rings (SSSR count). The zero-order valence-electron chi connectivity index (χ0n) is 85.9. The van der Waals surface area contributed by atoms with Gasteiger partial charge >= 0.3 is 47.8 Å². The van der Waals surface area contributed by atoms with E-state index in [9.17, 15) is 43.2 Å². The maximum Gasteiger partial charge on any atom is 0.411 e. The van der Waals surface area contributed by atoms with Gasteiger partial charge in [-0.3, -0.25) is 24.4 Å². The number of para-hydroxylation sites is 4. The fraction of sp³-hybridized carbons (Fsp3) is 0.664. The van der Waals surface area contributed by atoms with E-state index >= 15 is 0 Å². The summed E-state index contributed by atoms with van der Waals surface area (Å²) in [6.07, 6.45) is 39.7. The molecule has 140 heavy (non-hydrogen) atoms. The lowest BCUT2D eigenvalue weighted by Crippen LogP contribution is -2.56. The monoisotopic (exact) mass is 1950 g/mol. The maximum absolute atomic E-state index is 12.9. The number of hydrogen-bond acceptors (Lipinski definition) is 18. The molecule has 16 heterocycles. The van der Waals surface area contributed by atoms with Crippen LogP contribution < -0.4 is 30.2 Å². The second-order valence-electron chi connectivity index (χ2n) is 45.1. The third-order valence-electron chi connectivity index (χ3n) is 33.5. The third kappa shape index (κ3) is 23.3. The summed E-state index contributed by atoms with van der Waals surface area (Å²) in [5.41, 5.74) is 8.93. The van der Waals surface area contributed by atoms with E-state index in [1.807, 2.05) is 135 Å². The van der Waals surface area contributed by atoms with Gasteiger partial charge in [-0.05, 0) is 307 Å². The fourth-order valence-electron chi connectivity index (χ4n) is 26.6. The van der Waals surface area contributed by atoms with E-state index in [1.54, 1.807) is 24.5 Å². The second kappa shape index (κ2) is 44.5. The number of amides is 11. The molecule has 0 aliphatic carbocycles. The summed E-state index contributed by atoms with van der Waals surface area (Å²) in [7, 11) is 14.6. The average Bonchev–Trinajstić information content (AvgIpc) is 0.863. The van der Waals surface area contributed by atoms with Gasteiger partial charge in [-0.15, -0.1) is 12.8 Å². The van der Waals surface area contributed by atoms with Crippen LogP contribution in [-0.4, -0.2) is 328 Å². The number of halogens is 1. The van der Waals surface area contributed by atoms with Crippen LogP contribution >= 0.6 is 11.6 Å². The van der Waals surface area contributed by atoms with Crippen molar-refractivity contribution in [1.82, 2.24) is 59.6 Å².